The lowest BCUT2D eigenvalue weighted by Gasteiger charge is -2.31. The van der Waals surface area contributed by atoms with E-state index in [4.69, 9.17) is 10.5 Å². The van der Waals surface area contributed by atoms with Gasteiger partial charge < -0.3 is 15.4 Å². The van der Waals surface area contributed by atoms with Crippen molar-refractivity contribution in [3.63, 3.8) is 0 Å². The van der Waals surface area contributed by atoms with Crippen LogP contribution in [0.3, 0.4) is 0 Å². The van der Waals surface area contributed by atoms with Gasteiger partial charge in [0.25, 0.3) is 5.91 Å². The summed E-state index contributed by atoms with van der Waals surface area (Å²) in [4.78, 5) is 14.0. The van der Waals surface area contributed by atoms with Gasteiger partial charge in [-0.25, -0.2) is 0 Å². The molecule has 0 aliphatic heterocycles. The van der Waals surface area contributed by atoms with Gasteiger partial charge in [0.2, 0.25) is 0 Å². The van der Waals surface area contributed by atoms with Gasteiger partial charge in [-0.3, -0.25) is 4.79 Å². The number of hydrogen-bond donors (Lipinski definition) is 1. The average molecular weight is 276 g/mol. The fourth-order valence-corrected chi connectivity index (χ4v) is 2.68. The van der Waals surface area contributed by atoms with Crippen LogP contribution in [0.4, 0.5) is 0 Å². The summed E-state index contributed by atoms with van der Waals surface area (Å²) in [7, 11) is 1.89. The zero-order valence-corrected chi connectivity index (χ0v) is 12.2. The fraction of sp³-hybridized carbons (Fsp3) is 0.562. The number of ether oxygens (including phenoxy) is 1. The molecular formula is C16H24N2O2. The van der Waals surface area contributed by atoms with Crippen LogP contribution in [0, 0.1) is 0 Å². The summed E-state index contributed by atoms with van der Waals surface area (Å²) in [5.74, 6) is 0.758. The first-order valence-corrected chi connectivity index (χ1v) is 7.38. The van der Waals surface area contributed by atoms with E-state index in [1.54, 1.807) is 0 Å². The number of benzene rings is 1. The molecule has 1 fully saturated rings. The molecule has 4 heteroatoms. The van der Waals surface area contributed by atoms with E-state index in [2.05, 4.69) is 0 Å². The zero-order chi connectivity index (χ0) is 14.4. The number of carbonyl (C=O) groups excluding carboxylic acids is 1. The van der Waals surface area contributed by atoms with Gasteiger partial charge in [-0.05, 0) is 30.5 Å². The zero-order valence-electron chi connectivity index (χ0n) is 12.2. The van der Waals surface area contributed by atoms with Crippen LogP contribution in [0.25, 0.3) is 0 Å². The molecule has 2 rings (SSSR count). The summed E-state index contributed by atoms with van der Waals surface area (Å²) in [5, 5.41) is 0. The maximum Gasteiger partial charge on any atom is 0.260 e. The van der Waals surface area contributed by atoms with Crippen LogP contribution in [0.15, 0.2) is 24.3 Å². The summed E-state index contributed by atoms with van der Waals surface area (Å²) in [6.07, 6.45) is 5.97. The van der Waals surface area contributed by atoms with E-state index in [1.807, 2.05) is 36.2 Å². The van der Waals surface area contributed by atoms with Crippen LogP contribution >= 0.6 is 0 Å². The van der Waals surface area contributed by atoms with E-state index in [-0.39, 0.29) is 12.5 Å². The number of carbonyl (C=O) groups is 1. The van der Waals surface area contributed by atoms with Crippen molar-refractivity contribution in [3.05, 3.63) is 29.8 Å². The normalized spacial score (nSPS) is 15.9. The summed E-state index contributed by atoms with van der Waals surface area (Å²) >= 11 is 0. The largest absolute Gasteiger partial charge is 0.484 e. The molecule has 0 unspecified atom stereocenters. The predicted molar refractivity (Wildman–Crippen MR) is 79.5 cm³/mol. The van der Waals surface area contributed by atoms with Gasteiger partial charge in [-0.2, -0.15) is 0 Å². The van der Waals surface area contributed by atoms with E-state index in [0.29, 0.717) is 18.3 Å². The minimum absolute atomic E-state index is 0.0510. The van der Waals surface area contributed by atoms with Crippen LogP contribution in [-0.4, -0.2) is 30.5 Å². The van der Waals surface area contributed by atoms with Crippen molar-refractivity contribution < 1.29 is 9.53 Å². The quantitative estimate of drug-likeness (QED) is 0.898. The Bertz CT molecular complexity index is 442. The third-order valence-corrected chi connectivity index (χ3v) is 4.01. The van der Waals surface area contributed by atoms with E-state index < -0.39 is 0 Å². The second-order valence-corrected chi connectivity index (χ2v) is 5.44. The Labute approximate surface area is 120 Å². The van der Waals surface area contributed by atoms with Crippen molar-refractivity contribution in [3.8, 4) is 5.75 Å². The Morgan fingerprint density at radius 3 is 2.80 bits per heavy atom. The summed E-state index contributed by atoms with van der Waals surface area (Å²) < 4.78 is 5.58. The molecule has 0 bridgehead atoms. The molecule has 20 heavy (non-hydrogen) atoms. The molecule has 2 N–H and O–H groups in total. The lowest BCUT2D eigenvalue weighted by atomic mass is 9.94. The number of rotatable bonds is 5. The SMILES string of the molecule is CN(C(=O)COc1cccc(CN)c1)C1CCCCC1. The van der Waals surface area contributed by atoms with Crippen LogP contribution in [0.5, 0.6) is 5.75 Å². The average Bonchev–Trinajstić information content (AvgIpc) is 2.53. The van der Waals surface area contributed by atoms with Gasteiger partial charge in [0, 0.05) is 19.6 Å². The molecule has 0 saturated heterocycles. The maximum absolute atomic E-state index is 12.1. The van der Waals surface area contributed by atoms with Gasteiger partial charge in [-0.15, -0.1) is 0 Å². The van der Waals surface area contributed by atoms with Crippen molar-refractivity contribution in [2.75, 3.05) is 13.7 Å². The molecule has 110 valence electrons. The maximum atomic E-state index is 12.1. The Balaban J connectivity index is 1.84. The third-order valence-electron chi connectivity index (χ3n) is 4.01. The summed E-state index contributed by atoms with van der Waals surface area (Å²) in [6.45, 7) is 0.578. The first-order chi connectivity index (χ1) is 9.70. The van der Waals surface area contributed by atoms with Crippen molar-refractivity contribution in [1.29, 1.82) is 0 Å². The first-order valence-electron chi connectivity index (χ1n) is 7.38. The number of amides is 1. The third kappa shape index (κ3) is 3.97. The van der Waals surface area contributed by atoms with Crippen LogP contribution in [-0.2, 0) is 11.3 Å². The van der Waals surface area contributed by atoms with E-state index >= 15 is 0 Å². The number of nitrogens with zero attached hydrogens (tertiary/aromatic N) is 1. The molecular weight excluding hydrogens is 252 g/mol. The van der Waals surface area contributed by atoms with Crippen molar-refractivity contribution in [2.45, 2.75) is 44.7 Å². The van der Waals surface area contributed by atoms with Gasteiger partial charge >= 0.3 is 0 Å². The number of likely N-dealkylation sites (N-methyl/N-ethyl adjacent to an activating group) is 1. The monoisotopic (exact) mass is 276 g/mol. The van der Waals surface area contributed by atoms with Crippen molar-refractivity contribution in [1.82, 2.24) is 4.90 Å². The topological polar surface area (TPSA) is 55.6 Å². The standard InChI is InChI=1S/C16H24N2O2/c1-18(14-7-3-2-4-8-14)16(19)12-20-15-9-5-6-13(10-15)11-17/h5-6,9-10,14H,2-4,7-8,11-12,17H2,1H3. The highest BCUT2D eigenvalue weighted by atomic mass is 16.5. The smallest absolute Gasteiger partial charge is 0.260 e. The van der Waals surface area contributed by atoms with Gasteiger partial charge in [0.15, 0.2) is 6.61 Å². The highest BCUT2D eigenvalue weighted by molar-refractivity contribution is 5.77. The molecule has 1 saturated carbocycles. The van der Waals surface area contributed by atoms with E-state index in [9.17, 15) is 4.79 Å². The number of hydrogen-bond acceptors (Lipinski definition) is 3. The minimum Gasteiger partial charge on any atom is -0.484 e. The molecule has 1 aliphatic rings. The second-order valence-electron chi connectivity index (χ2n) is 5.44. The molecule has 1 aliphatic carbocycles. The summed E-state index contributed by atoms with van der Waals surface area (Å²) in [5.41, 5.74) is 6.60. The van der Waals surface area contributed by atoms with E-state index in [0.717, 1.165) is 18.4 Å². The number of nitrogens with two attached hydrogens (primary N) is 1. The second kappa shape index (κ2) is 7.29. The summed E-state index contributed by atoms with van der Waals surface area (Å²) in [6, 6.07) is 7.96. The molecule has 4 nitrogen and oxygen atoms in total. The lowest BCUT2D eigenvalue weighted by molar-refractivity contribution is -0.134. The van der Waals surface area contributed by atoms with Gasteiger partial charge in [0.05, 0.1) is 0 Å². The van der Waals surface area contributed by atoms with Gasteiger partial charge in [0.1, 0.15) is 5.75 Å². The molecule has 0 spiro atoms. The Morgan fingerprint density at radius 2 is 2.10 bits per heavy atom. The van der Waals surface area contributed by atoms with E-state index in [1.165, 1.54) is 19.3 Å². The lowest BCUT2D eigenvalue weighted by Crippen LogP contribution is -2.40. The van der Waals surface area contributed by atoms with Gasteiger partial charge in [-0.1, -0.05) is 31.4 Å². The molecule has 1 aromatic rings. The molecule has 0 atom stereocenters. The Morgan fingerprint density at radius 1 is 1.35 bits per heavy atom. The Kier molecular flexibility index (Phi) is 5.41. The molecule has 1 aromatic carbocycles. The Hall–Kier alpha value is -1.55. The molecule has 0 aromatic heterocycles. The molecule has 0 radical (unpaired) electrons. The van der Waals surface area contributed by atoms with Crippen LogP contribution in [0.1, 0.15) is 37.7 Å². The van der Waals surface area contributed by atoms with Crippen LogP contribution in [0.2, 0.25) is 0 Å². The highest BCUT2D eigenvalue weighted by Gasteiger charge is 2.22. The molecule has 1 amide bonds. The first kappa shape index (κ1) is 14.9. The molecule has 0 heterocycles. The predicted octanol–water partition coefficient (Wildman–Crippen LogP) is 2.32. The van der Waals surface area contributed by atoms with Crippen LogP contribution < -0.4 is 10.5 Å². The minimum atomic E-state index is 0.0510. The highest BCUT2D eigenvalue weighted by Crippen LogP contribution is 2.21. The van der Waals surface area contributed by atoms with Crippen molar-refractivity contribution in [2.24, 2.45) is 5.73 Å². The van der Waals surface area contributed by atoms with Crippen molar-refractivity contribution >= 4 is 5.91 Å². The fourth-order valence-electron chi connectivity index (χ4n) is 2.68.